The number of morpholine rings is 1. The Labute approximate surface area is 111 Å². The predicted octanol–water partition coefficient (Wildman–Crippen LogP) is 0.944. The van der Waals surface area contributed by atoms with Crippen LogP contribution in [0.15, 0.2) is 0 Å². The third-order valence-corrected chi connectivity index (χ3v) is 3.90. The molecule has 0 saturated carbocycles. The highest BCUT2D eigenvalue weighted by Gasteiger charge is 2.32. The second kappa shape index (κ2) is 6.33. The first-order chi connectivity index (χ1) is 8.59. The molecule has 2 saturated heterocycles. The fraction of sp³-hybridized carbons (Fsp3) is 1.00. The Morgan fingerprint density at radius 2 is 1.83 bits per heavy atom. The maximum absolute atomic E-state index is 9.28. The van der Waals surface area contributed by atoms with Crippen LogP contribution in [0.2, 0.25) is 0 Å². The van der Waals surface area contributed by atoms with E-state index in [9.17, 15) is 5.11 Å². The molecular weight excluding hydrogens is 228 g/mol. The summed E-state index contributed by atoms with van der Waals surface area (Å²) in [6.45, 7) is 11.1. The molecule has 0 amide bonds. The Kier molecular flexibility index (Phi) is 5.01. The third kappa shape index (κ3) is 4.19. The molecule has 1 atom stereocenters. The van der Waals surface area contributed by atoms with E-state index in [1.54, 1.807) is 0 Å². The van der Waals surface area contributed by atoms with Crippen molar-refractivity contribution in [2.75, 3.05) is 45.9 Å². The molecular formula is C14H28N2O2. The summed E-state index contributed by atoms with van der Waals surface area (Å²) in [5.74, 6) is 0. The van der Waals surface area contributed by atoms with Gasteiger partial charge in [-0.2, -0.15) is 0 Å². The number of aliphatic hydroxyl groups excluding tert-OH is 1. The number of ether oxygens (including phenoxy) is 1. The predicted molar refractivity (Wildman–Crippen MR) is 72.8 cm³/mol. The summed E-state index contributed by atoms with van der Waals surface area (Å²) in [6.07, 6.45) is 3.96. The van der Waals surface area contributed by atoms with Crippen molar-refractivity contribution in [3.05, 3.63) is 0 Å². The first-order valence-electron chi connectivity index (χ1n) is 7.32. The van der Waals surface area contributed by atoms with E-state index in [-0.39, 0.29) is 18.3 Å². The summed E-state index contributed by atoms with van der Waals surface area (Å²) in [6, 6.07) is 0. The zero-order valence-corrected chi connectivity index (χ0v) is 11.9. The number of hydrogen-bond donors (Lipinski definition) is 1. The van der Waals surface area contributed by atoms with Crippen LogP contribution >= 0.6 is 0 Å². The lowest BCUT2D eigenvalue weighted by atomic mass is 10.1. The summed E-state index contributed by atoms with van der Waals surface area (Å²) >= 11 is 0. The lowest BCUT2D eigenvalue weighted by Gasteiger charge is -2.42. The van der Waals surface area contributed by atoms with Gasteiger partial charge >= 0.3 is 0 Å². The SMILES string of the molecule is CC1(C)CN(CCCN2CCCC2)CC(CO)O1. The molecule has 0 aromatic rings. The van der Waals surface area contributed by atoms with Crippen molar-refractivity contribution in [2.24, 2.45) is 0 Å². The van der Waals surface area contributed by atoms with Crippen molar-refractivity contribution >= 4 is 0 Å². The largest absolute Gasteiger partial charge is 0.394 e. The van der Waals surface area contributed by atoms with Crippen molar-refractivity contribution in [3.8, 4) is 0 Å². The van der Waals surface area contributed by atoms with Crippen molar-refractivity contribution in [3.63, 3.8) is 0 Å². The van der Waals surface area contributed by atoms with Crippen LogP contribution in [0.5, 0.6) is 0 Å². The number of aliphatic hydroxyl groups is 1. The highest BCUT2D eigenvalue weighted by atomic mass is 16.5. The molecule has 106 valence electrons. The van der Waals surface area contributed by atoms with Gasteiger partial charge in [0.25, 0.3) is 0 Å². The molecule has 0 spiro atoms. The highest BCUT2D eigenvalue weighted by Crippen LogP contribution is 2.21. The molecule has 0 aliphatic carbocycles. The van der Waals surface area contributed by atoms with Crippen molar-refractivity contribution in [2.45, 2.75) is 44.8 Å². The lowest BCUT2D eigenvalue weighted by molar-refractivity contribution is -0.149. The van der Waals surface area contributed by atoms with Gasteiger partial charge in [0, 0.05) is 13.1 Å². The van der Waals surface area contributed by atoms with Gasteiger partial charge in [-0.3, -0.25) is 4.90 Å². The van der Waals surface area contributed by atoms with Crippen LogP contribution in [0.25, 0.3) is 0 Å². The van der Waals surface area contributed by atoms with Crippen LogP contribution in [0.1, 0.15) is 33.1 Å². The van der Waals surface area contributed by atoms with E-state index >= 15 is 0 Å². The van der Waals surface area contributed by atoms with Crippen LogP contribution < -0.4 is 0 Å². The van der Waals surface area contributed by atoms with Gasteiger partial charge in [-0.15, -0.1) is 0 Å². The smallest absolute Gasteiger partial charge is 0.0940 e. The van der Waals surface area contributed by atoms with Gasteiger partial charge in [0.05, 0.1) is 18.3 Å². The van der Waals surface area contributed by atoms with Gasteiger partial charge in [0.1, 0.15) is 0 Å². The van der Waals surface area contributed by atoms with Gasteiger partial charge < -0.3 is 14.7 Å². The molecule has 18 heavy (non-hydrogen) atoms. The Hall–Kier alpha value is -0.160. The minimum absolute atomic E-state index is 0.0134. The van der Waals surface area contributed by atoms with Crippen molar-refractivity contribution in [1.82, 2.24) is 9.80 Å². The molecule has 4 nitrogen and oxygen atoms in total. The first-order valence-corrected chi connectivity index (χ1v) is 7.32. The molecule has 2 fully saturated rings. The Balaban J connectivity index is 1.70. The zero-order chi connectivity index (χ0) is 13.0. The molecule has 2 aliphatic rings. The molecule has 0 radical (unpaired) electrons. The summed E-state index contributed by atoms with van der Waals surface area (Å²) in [5.41, 5.74) is -0.126. The average molecular weight is 256 g/mol. The molecule has 1 N–H and O–H groups in total. The topological polar surface area (TPSA) is 35.9 Å². The van der Waals surface area contributed by atoms with Crippen LogP contribution in [-0.2, 0) is 4.74 Å². The number of likely N-dealkylation sites (tertiary alicyclic amines) is 1. The summed E-state index contributed by atoms with van der Waals surface area (Å²) < 4.78 is 5.83. The normalized spacial score (nSPS) is 29.8. The van der Waals surface area contributed by atoms with Crippen LogP contribution in [0, 0.1) is 0 Å². The summed E-state index contributed by atoms with van der Waals surface area (Å²) in [4.78, 5) is 5.01. The van der Waals surface area contributed by atoms with Crippen molar-refractivity contribution < 1.29 is 9.84 Å². The molecule has 2 heterocycles. The van der Waals surface area contributed by atoms with Gasteiger partial charge in [0.2, 0.25) is 0 Å². The number of nitrogens with zero attached hydrogens (tertiary/aromatic N) is 2. The Bertz CT molecular complexity index is 252. The van der Waals surface area contributed by atoms with Gasteiger partial charge in [-0.1, -0.05) is 0 Å². The van der Waals surface area contributed by atoms with Crippen LogP contribution in [-0.4, -0.2) is 72.5 Å². The minimum atomic E-state index is -0.126. The number of rotatable bonds is 5. The molecule has 1 unspecified atom stereocenters. The molecule has 0 bridgehead atoms. The molecule has 2 aliphatic heterocycles. The van der Waals surface area contributed by atoms with E-state index in [2.05, 4.69) is 23.6 Å². The lowest BCUT2D eigenvalue weighted by Crippen LogP contribution is -2.54. The Morgan fingerprint density at radius 3 is 2.50 bits per heavy atom. The second-order valence-corrected chi connectivity index (χ2v) is 6.32. The maximum atomic E-state index is 9.28. The van der Waals surface area contributed by atoms with E-state index in [0.717, 1.165) is 19.6 Å². The summed E-state index contributed by atoms with van der Waals surface area (Å²) in [7, 11) is 0. The quantitative estimate of drug-likeness (QED) is 0.794. The summed E-state index contributed by atoms with van der Waals surface area (Å²) in [5, 5.41) is 9.28. The van der Waals surface area contributed by atoms with Crippen LogP contribution in [0.4, 0.5) is 0 Å². The van der Waals surface area contributed by atoms with E-state index in [1.807, 2.05) is 0 Å². The van der Waals surface area contributed by atoms with E-state index in [1.165, 1.54) is 38.9 Å². The van der Waals surface area contributed by atoms with E-state index < -0.39 is 0 Å². The monoisotopic (exact) mass is 256 g/mol. The van der Waals surface area contributed by atoms with Gasteiger partial charge in [-0.25, -0.2) is 0 Å². The Morgan fingerprint density at radius 1 is 1.17 bits per heavy atom. The molecule has 4 heteroatoms. The second-order valence-electron chi connectivity index (χ2n) is 6.32. The fourth-order valence-electron chi connectivity index (χ4n) is 3.21. The first kappa shape index (κ1) is 14.3. The van der Waals surface area contributed by atoms with E-state index in [0.29, 0.717) is 0 Å². The van der Waals surface area contributed by atoms with Crippen LogP contribution in [0.3, 0.4) is 0 Å². The molecule has 0 aromatic heterocycles. The van der Waals surface area contributed by atoms with Gasteiger partial charge in [-0.05, 0) is 59.3 Å². The zero-order valence-electron chi connectivity index (χ0n) is 11.9. The molecule has 2 rings (SSSR count). The standard InChI is InChI=1S/C14H28N2O2/c1-14(2)12-16(10-13(11-17)18-14)9-5-8-15-6-3-4-7-15/h13,17H,3-12H2,1-2H3. The maximum Gasteiger partial charge on any atom is 0.0940 e. The van der Waals surface area contributed by atoms with E-state index in [4.69, 9.17) is 4.74 Å². The highest BCUT2D eigenvalue weighted by molar-refractivity contribution is 4.84. The fourth-order valence-corrected chi connectivity index (χ4v) is 3.21. The number of hydrogen-bond acceptors (Lipinski definition) is 4. The van der Waals surface area contributed by atoms with Gasteiger partial charge in [0.15, 0.2) is 0 Å². The average Bonchev–Trinajstić information content (AvgIpc) is 2.80. The van der Waals surface area contributed by atoms with Crippen molar-refractivity contribution in [1.29, 1.82) is 0 Å². The third-order valence-electron chi connectivity index (χ3n) is 3.90. The molecule has 0 aromatic carbocycles. The minimum Gasteiger partial charge on any atom is -0.394 e.